The molecule has 2 aromatic heterocycles. The average Bonchev–Trinajstić information content (AvgIpc) is 3.47. The quantitative estimate of drug-likeness (QED) is 0.567. The van der Waals surface area contributed by atoms with E-state index in [2.05, 4.69) is 40.3 Å². The van der Waals surface area contributed by atoms with Crippen LogP contribution in [-0.2, 0) is 21.4 Å². The van der Waals surface area contributed by atoms with Gasteiger partial charge in [0.2, 0.25) is 5.91 Å². The van der Waals surface area contributed by atoms with Crippen LogP contribution in [0.1, 0.15) is 49.7 Å². The standard InChI is InChI=1S/C28H33N3O3/c1-33-25-8-4-22(5-9-25)28(11-15-34-16-12-28)27(32)31-23-6-7-24(31)19-20(18-23)17-21-3-2-14-30-26(21)10-13-29-30/h2-5,8-10,13-14,20,23-24H,6-7,11-12,15-19H2,1H3/t23-,24-/m0/s1. The lowest BCUT2D eigenvalue weighted by molar-refractivity contribution is -0.146. The van der Waals surface area contributed by atoms with Gasteiger partial charge in [0.25, 0.3) is 0 Å². The minimum absolute atomic E-state index is 0.324. The van der Waals surface area contributed by atoms with Crippen LogP contribution in [0.2, 0.25) is 0 Å². The number of rotatable bonds is 5. The van der Waals surface area contributed by atoms with E-state index >= 15 is 0 Å². The first kappa shape index (κ1) is 21.7. The normalized spacial score (nSPS) is 26.0. The molecule has 3 aliphatic rings. The number of fused-ring (bicyclic) bond motifs is 3. The third kappa shape index (κ3) is 3.59. The van der Waals surface area contributed by atoms with Gasteiger partial charge >= 0.3 is 0 Å². The smallest absolute Gasteiger partial charge is 0.233 e. The first-order valence-electron chi connectivity index (χ1n) is 12.6. The number of methoxy groups -OCH3 is 1. The number of pyridine rings is 1. The van der Waals surface area contributed by atoms with Crippen molar-refractivity contribution in [2.24, 2.45) is 5.92 Å². The van der Waals surface area contributed by atoms with E-state index in [1.165, 1.54) is 11.1 Å². The molecule has 6 nitrogen and oxygen atoms in total. The van der Waals surface area contributed by atoms with Crippen LogP contribution in [0.4, 0.5) is 0 Å². The number of hydrogen-bond donors (Lipinski definition) is 0. The molecule has 1 amide bonds. The van der Waals surface area contributed by atoms with Gasteiger partial charge in [-0.3, -0.25) is 4.79 Å². The van der Waals surface area contributed by atoms with Crippen molar-refractivity contribution < 1.29 is 14.3 Å². The Kier molecular flexibility index (Phi) is 5.56. The molecule has 178 valence electrons. The van der Waals surface area contributed by atoms with Gasteiger partial charge in [-0.05, 0) is 86.3 Å². The van der Waals surface area contributed by atoms with E-state index in [0.717, 1.165) is 56.3 Å². The van der Waals surface area contributed by atoms with Crippen molar-refractivity contribution in [1.29, 1.82) is 0 Å². The average molecular weight is 460 g/mol. The molecule has 0 aliphatic carbocycles. The fraction of sp³-hybridized carbons (Fsp3) is 0.500. The van der Waals surface area contributed by atoms with E-state index in [1.54, 1.807) is 7.11 Å². The maximum Gasteiger partial charge on any atom is 0.233 e. The molecule has 3 saturated heterocycles. The van der Waals surface area contributed by atoms with E-state index in [0.29, 0.717) is 37.1 Å². The third-order valence-corrected chi connectivity index (χ3v) is 8.50. The number of piperidine rings is 1. The second kappa shape index (κ2) is 8.73. The molecule has 0 N–H and O–H groups in total. The number of ether oxygens (including phenoxy) is 2. The van der Waals surface area contributed by atoms with Gasteiger partial charge in [-0.25, -0.2) is 4.52 Å². The molecule has 3 aromatic rings. The Bertz CT molecular complexity index is 1150. The molecule has 34 heavy (non-hydrogen) atoms. The summed E-state index contributed by atoms with van der Waals surface area (Å²) in [5.41, 5.74) is 3.19. The highest BCUT2D eigenvalue weighted by atomic mass is 16.5. The lowest BCUT2D eigenvalue weighted by Crippen LogP contribution is -2.56. The van der Waals surface area contributed by atoms with E-state index in [1.807, 2.05) is 29.0 Å². The first-order chi connectivity index (χ1) is 16.7. The Morgan fingerprint density at radius 3 is 2.53 bits per heavy atom. The molecule has 3 fully saturated rings. The fourth-order valence-electron chi connectivity index (χ4n) is 6.79. The summed E-state index contributed by atoms with van der Waals surface area (Å²) in [6.45, 7) is 1.28. The van der Waals surface area contributed by atoms with Crippen LogP contribution in [0.25, 0.3) is 5.52 Å². The Labute approximate surface area is 200 Å². The number of hydrogen-bond acceptors (Lipinski definition) is 4. The van der Waals surface area contributed by atoms with Gasteiger partial charge in [-0.2, -0.15) is 5.10 Å². The second-order valence-electron chi connectivity index (χ2n) is 10.3. The highest BCUT2D eigenvalue weighted by Gasteiger charge is 2.51. The van der Waals surface area contributed by atoms with Gasteiger partial charge < -0.3 is 14.4 Å². The fourth-order valence-corrected chi connectivity index (χ4v) is 6.79. The molecule has 5 heterocycles. The largest absolute Gasteiger partial charge is 0.497 e. The minimum atomic E-state index is -0.485. The van der Waals surface area contributed by atoms with Crippen molar-refractivity contribution in [3.05, 3.63) is 66.0 Å². The molecule has 0 unspecified atom stereocenters. The predicted octanol–water partition coefficient (Wildman–Crippen LogP) is 4.40. The van der Waals surface area contributed by atoms with Crippen LogP contribution < -0.4 is 4.74 Å². The highest BCUT2D eigenvalue weighted by Crippen LogP contribution is 2.45. The van der Waals surface area contributed by atoms with Crippen molar-refractivity contribution in [3.8, 4) is 5.75 Å². The van der Waals surface area contributed by atoms with E-state index < -0.39 is 5.41 Å². The Hall–Kier alpha value is -2.86. The zero-order valence-electron chi connectivity index (χ0n) is 19.9. The van der Waals surface area contributed by atoms with Gasteiger partial charge in [0.15, 0.2) is 0 Å². The Balaban J connectivity index is 1.24. The van der Waals surface area contributed by atoms with Crippen LogP contribution in [0, 0.1) is 5.92 Å². The zero-order valence-corrected chi connectivity index (χ0v) is 19.9. The van der Waals surface area contributed by atoms with E-state index in [9.17, 15) is 4.79 Å². The minimum Gasteiger partial charge on any atom is -0.497 e. The number of carbonyl (C=O) groups is 1. The summed E-state index contributed by atoms with van der Waals surface area (Å²) < 4.78 is 13.0. The van der Waals surface area contributed by atoms with Crippen molar-refractivity contribution >= 4 is 11.4 Å². The number of amides is 1. The number of benzene rings is 1. The summed E-state index contributed by atoms with van der Waals surface area (Å²) in [4.78, 5) is 16.6. The number of nitrogens with zero attached hydrogens (tertiary/aromatic N) is 3. The summed E-state index contributed by atoms with van der Waals surface area (Å²) in [6.07, 6.45) is 10.9. The summed E-state index contributed by atoms with van der Waals surface area (Å²) in [5, 5.41) is 4.39. The SMILES string of the molecule is COc1ccc(C2(C(=O)N3[C@H]4CC[C@H]3CC(Cc3cccn5nccc35)C4)CCOCC2)cc1. The molecule has 0 spiro atoms. The van der Waals surface area contributed by atoms with Gasteiger partial charge in [-0.1, -0.05) is 18.2 Å². The van der Waals surface area contributed by atoms with Gasteiger partial charge in [0.1, 0.15) is 5.75 Å². The molecule has 2 bridgehead atoms. The van der Waals surface area contributed by atoms with Gasteiger partial charge in [0, 0.05) is 37.7 Å². The summed E-state index contributed by atoms with van der Waals surface area (Å²) in [7, 11) is 1.68. The van der Waals surface area contributed by atoms with E-state index in [-0.39, 0.29) is 0 Å². The number of carbonyl (C=O) groups excluding carboxylic acids is 1. The predicted molar refractivity (Wildman–Crippen MR) is 130 cm³/mol. The maximum absolute atomic E-state index is 14.3. The molecule has 6 heteroatoms. The Morgan fingerprint density at radius 2 is 1.82 bits per heavy atom. The lowest BCUT2D eigenvalue weighted by atomic mass is 9.72. The van der Waals surface area contributed by atoms with Gasteiger partial charge in [-0.15, -0.1) is 0 Å². The van der Waals surface area contributed by atoms with Crippen LogP contribution >= 0.6 is 0 Å². The van der Waals surface area contributed by atoms with Crippen LogP contribution in [0.5, 0.6) is 5.75 Å². The summed E-state index contributed by atoms with van der Waals surface area (Å²) >= 11 is 0. The topological polar surface area (TPSA) is 56.1 Å². The molecular formula is C28H33N3O3. The zero-order chi connectivity index (χ0) is 23.1. The molecule has 0 saturated carbocycles. The highest BCUT2D eigenvalue weighted by molar-refractivity contribution is 5.89. The second-order valence-corrected chi connectivity index (χ2v) is 10.3. The molecule has 1 aromatic carbocycles. The van der Waals surface area contributed by atoms with Crippen molar-refractivity contribution in [2.75, 3.05) is 20.3 Å². The van der Waals surface area contributed by atoms with Gasteiger partial charge in [0.05, 0.1) is 18.0 Å². The Morgan fingerprint density at radius 1 is 1.09 bits per heavy atom. The molecule has 6 rings (SSSR count). The summed E-state index contributed by atoms with van der Waals surface area (Å²) in [5.74, 6) is 1.76. The van der Waals surface area contributed by atoms with Crippen molar-refractivity contribution in [1.82, 2.24) is 14.5 Å². The molecule has 3 aliphatic heterocycles. The maximum atomic E-state index is 14.3. The van der Waals surface area contributed by atoms with Crippen LogP contribution in [0.3, 0.4) is 0 Å². The van der Waals surface area contributed by atoms with E-state index in [4.69, 9.17) is 9.47 Å². The molecule has 2 atom stereocenters. The molecule has 0 radical (unpaired) electrons. The lowest BCUT2D eigenvalue weighted by Gasteiger charge is -2.46. The van der Waals surface area contributed by atoms with Crippen LogP contribution in [-0.4, -0.2) is 52.8 Å². The van der Waals surface area contributed by atoms with Crippen molar-refractivity contribution in [3.63, 3.8) is 0 Å². The van der Waals surface area contributed by atoms with Crippen molar-refractivity contribution in [2.45, 2.75) is 62.4 Å². The number of aromatic nitrogens is 2. The molecular weight excluding hydrogens is 426 g/mol. The monoisotopic (exact) mass is 459 g/mol. The van der Waals surface area contributed by atoms with Crippen LogP contribution in [0.15, 0.2) is 54.9 Å². The first-order valence-corrected chi connectivity index (χ1v) is 12.6. The third-order valence-electron chi connectivity index (χ3n) is 8.50. The summed E-state index contributed by atoms with van der Waals surface area (Å²) in [6, 6.07) is 15.3.